The fourth-order valence-corrected chi connectivity index (χ4v) is 4.07. The Balaban J connectivity index is 1.78. The van der Waals surface area contributed by atoms with Crippen LogP contribution in [-0.4, -0.2) is 24.5 Å². The van der Waals surface area contributed by atoms with Crippen LogP contribution in [-0.2, 0) is 9.54 Å². The molecule has 0 saturated carbocycles. The van der Waals surface area contributed by atoms with Crippen LogP contribution in [0.2, 0.25) is 0 Å². The maximum absolute atomic E-state index is 11.7. The molecular weight excluding hydrogens is 238 g/mol. The van der Waals surface area contributed by atoms with E-state index in [1.165, 1.54) is 11.8 Å². The molecule has 1 aromatic carbocycles. The van der Waals surface area contributed by atoms with Gasteiger partial charge in [0.05, 0.1) is 10.8 Å². The molecule has 2 saturated heterocycles. The first-order valence-electron chi connectivity index (χ1n) is 5.63. The third kappa shape index (κ3) is 1.26. The van der Waals surface area contributed by atoms with Gasteiger partial charge in [0, 0.05) is 6.54 Å². The number of thioether (sulfide) groups is 1. The molecule has 5 heteroatoms. The maximum atomic E-state index is 11.7. The van der Waals surface area contributed by atoms with E-state index in [1.54, 1.807) is 0 Å². The molecule has 88 valence electrons. The van der Waals surface area contributed by atoms with Crippen LogP contribution in [0.25, 0.3) is 0 Å². The van der Waals surface area contributed by atoms with Crippen LogP contribution in [0.3, 0.4) is 0 Å². The molecule has 1 N–H and O–H groups in total. The van der Waals surface area contributed by atoms with Gasteiger partial charge in [-0.05, 0) is 24.1 Å². The first kappa shape index (κ1) is 9.79. The molecule has 4 rings (SSSR count). The average Bonchev–Trinajstić information content (AvgIpc) is 3.01. The van der Waals surface area contributed by atoms with Crippen molar-refractivity contribution in [3.05, 3.63) is 23.8 Å². The van der Waals surface area contributed by atoms with Crippen molar-refractivity contribution in [1.29, 1.82) is 0 Å². The van der Waals surface area contributed by atoms with E-state index < -0.39 is 0 Å². The van der Waals surface area contributed by atoms with Gasteiger partial charge in [0.1, 0.15) is 0 Å². The van der Waals surface area contributed by atoms with Crippen LogP contribution in [0, 0.1) is 0 Å². The number of hydrogen-bond donors (Lipinski definition) is 1. The number of ether oxygens (including phenoxy) is 2. The summed E-state index contributed by atoms with van der Waals surface area (Å²) in [6.07, 6.45) is 0.885. The van der Waals surface area contributed by atoms with Crippen LogP contribution >= 0.6 is 11.8 Å². The molecule has 2 atom stereocenters. The van der Waals surface area contributed by atoms with Crippen LogP contribution in [0.5, 0.6) is 11.5 Å². The summed E-state index contributed by atoms with van der Waals surface area (Å²) in [5, 5.41) is 3.53. The second kappa shape index (κ2) is 3.17. The average molecular weight is 249 g/mol. The van der Waals surface area contributed by atoms with E-state index in [9.17, 15) is 4.79 Å². The van der Waals surface area contributed by atoms with Gasteiger partial charge in [0.2, 0.25) is 11.9 Å². The van der Waals surface area contributed by atoms with Crippen molar-refractivity contribution in [2.24, 2.45) is 0 Å². The molecule has 2 unspecified atom stereocenters. The molecule has 3 heterocycles. The lowest BCUT2D eigenvalue weighted by molar-refractivity contribution is -0.112. The van der Waals surface area contributed by atoms with E-state index in [0.717, 1.165) is 30.0 Å². The molecule has 0 spiro atoms. The first-order chi connectivity index (χ1) is 8.27. The van der Waals surface area contributed by atoms with E-state index in [-0.39, 0.29) is 15.9 Å². The molecular formula is C12H11NO3S. The van der Waals surface area contributed by atoms with Gasteiger partial charge in [-0.25, -0.2) is 0 Å². The fourth-order valence-electron chi connectivity index (χ4n) is 2.73. The SMILES string of the molecule is O=C1SC2(c3ccc4c(c3)OCO4)CNC1C2. The third-order valence-corrected chi connectivity index (χ3v) is 5.07. The van der Waals surface area contributed by atoms with E-state index in [1.807, 2.05) is 18.2 Å². The molecule has 17 heavy (non-hydrogen) atoms. The van der Waals surface area contributed by atoms with Gasteiger partial charge in [-0.1, -0.05) is 17.8 Å². The highest BCUT2D eigenvalue weighted by Crippen LogP contribution is 2.52. The Morgan fingerprint density at radius 1 is 1.35 bits per heavy atom. The molecule has 1 aromatic rings. The number of nitrogens with one attached hydrogen (secondary N) is 1. The summed E-state index contributed by atoms with van der Waals surface area (Å²) in [5.74, 6) is 1.59. The Morgan fingerprint density at radius 3 is 3.00 bits per heavy atom. The molecule has 0 aromatic heterocycles. The molecule has 0 amide bonds. The molecule has 2 fully saturated rings. The normalized spacial score (nSPS) is 33.4. The molecule has 3 aliphatic heterocycles. The van der Waals surface area contributed by atoms with Gasteiger partial charge < -0.3 is 14.8 Å². The number of fused-ring (bicyclic) bond motifs is 3. The summed E-state index contributed by atoms with van der Waals surface area (Å²) < 4.78 is 10.6. The highest BCUT2D eigenvalue weighted by Gasteiger charge is 2.52. The highest BCUT2D eigenvalue weighted by atomic mass is 32.2. The van der Waals surface area contributed by atoms with Crippen molar-refractivity contribution in [3.63, 3.8) is 0 Å². The Labute approximate surface area is 103 Å². The standard InChI is InChI=1S/C12H11NO3S/c14-11-8-4-12(17-11,5-13-8)7-1-2-9-10(3-7)16-6-15-9/h1-3,8,13H,4-6H2. The maximum Gasteiger partial charge on any atom is 0.231 e. The van der Waals surface area contributed by atoms with Crippen molar-refractivity contribution < 1.29 is 14.3 Å². The minimum atomic E-state index is -0.0945. The number of carbonyl (C=O) groups is 1. The van der Waals surface area contributed by atoms with Crippen molar-refractivity contribution in [1.82, 2.24) is 5.32 Å². The highest BCUT2D eigenvalue weighted by molar-refractivity contribution is 8.15. The predicted molar refractivity (Wildman–Crippen MR) is 63.2 cm³/mol. The van der Waals surface area contributed by atoms with Crippen molar-refractivity contribution in [2.75, 3.05) is 13.3 Å². The minimum Gasteiger partial charge on any atom is -0.454 e. The lowest BCUT2D eigenvalue weighted by atomic mass is 9.95. The van der Waals surface area contributed by atoms with Gasteiger partial charge in [-0.3, -0.25) is 4.79 Å². The number of carbonyl (C=O) groups excluding carboxylic acids is 1. The third-order valence-electron chi connectivity index (χ3n) is 3.65. The molecule has 4 nitrogen and oxygen atoms in total. The Hall–Kier alpha value is -1.20. The minimum absolute atomic E-state index is 0.0328. The second-order valence-electron chi connectivity index (χ2n) is 4.62. The summed E-state index contributed by atoms with van der Waals surface area (Å²) in [6.45, 7) is 1.15. The Kier molecular flexibility index (Phi) is 1.83. The molecule has 0 aliphatic carbocycles. The summed E-state index contributed by atoms with van der Waals surface area (Å²) in [7, 11) is 0. The first-order valence-corrected chi connectivity index (χ1v) is 6.45. The van der Waals surface area contributed by atoms with Gasteiger partial charge in [-0.15, -0.1) is 0 Å². The fraction of sp³-hybridized carbons (Fsp3) is 0.417. The molecule has 0 radical (unpaired) electrons. The van der Waals surface area contributed by atoms with Crippen LogP contribution < -0.4 is 14.8 Å². The predicted octanol–water partition coefficient (Wildman–Crippen LogP) is 1.25. The largest absolute Gasteiger partial charge is 0.454 e. The van der Waals surface area contributed by atoms with Crippen molar-refractivity contribution >= 4 is 16.9 Å². The van der Waals surface area contributed by atoms with E-state index >= 15 is 0 Å². The Morgan fingerprint density at radius 2 is 2.24 bits per heavy atom. The summed E-state index contributed by atoms with van der Waals surface area (Å²) in [6, 6.07) is 6.02. The summed E-state index contributed by atoms with van der Waals surface area (Å²) >= 11 is 1.46. The van der Waals surface area contributed by atoms with Gasteiger partial charge in [0.15, 0.2) is 11.5 Å². The van der Waals surface area contributed by atoms with Crippen LogP contribution in [0.1, 0.15) is 12.0 Å². The second-order valence-corrected chi connectivity index (χ2v) is 6.01. The molecule has 2 bridgehead atoms. The van der Waals surface area contributed by atoms with E-state index in [4.69, 9.17) is 9.47 Å². The lowest BCUT2D eigenvalue weighted by Crippen LogP contribution is -2.34. The van der Waals surface area contributed by atoms with E-state index in [2.05, 4.69) is 5.32 Å². The zero-order chi connectivity index (χ0) is 11.5. The van der Waals surface area contributed by atoms with Crippen LogP contribution in [0.15, 0.2) is 18.2 Å². The quantitative estimate of drug-likeness (QED) is 0.811. The number of hydrogen-bond acceptors (Lipinski definition) is 5. The number of benzene rings is 1. The van der Waals surface area contributed by atoms with Gasteiger partial charge >= 0.3 is 0 Å². The van der Waals surface area contributed by atoms with Gasteiger partial charge in [-0.2, -0.15) is 0 Å². The lowest BCUT2D eigenvalue weighted by Gasteiger charge is -2.25. The van der Waals surface area contributed by atoms with Gasteiger partial charge in [0.25, 0.3) is 0 Å². The summed E-state index contributed by atoms with van der Waals surface area (Å²) in [5.41, 5.74) is 1.16. The topological polar surface area (TPSA) is 47.6 Å². The van der Waals surface area contributed by atoms with Crippen molar-refractivity contribution in [3.8, 4) is 11.5 Å². The van der Waals surface area contributed by atoms with E-state index in [0.29, 0.717) is 6.79 Å². The Bertz CT molecular complexity index is 518. The number of rotatable bonds is 1. The monoisotopic (exact) mass is 249 g/mol. The summed E-state index contributed by atoms with van der Waals surface area (Å²) in [4.78, 5) is 11.7. The van der Waals surface area contributed by atoms with Crippen molar-refractivity contribution in [2.45, 2.75) is 17.2 Å². The smallest absolute Gasteiger partial charge is 0.231 e. The van der Waals surface area contributed by atoms with Crippen LogP contribution in [0.4, 0.5) is 0 Å². The zero-order valence-corrected chi connectivity index (χ0v) is 9.88. The molecule has 3 aliphatic rings. The zero-order valence-electron chi connectivity index (χ0n) is 9.06.